The SMILES string of the molecule is ClC(Br)Cc1ccc2ncccc2c1. The van der Waals surface area contributed by atoms with Crippen LogP contribution in [0.5, 0.6) is 0 Å². The smallest absolute Gasteiger partial charge is 0.0926 e. The fraction of sp³-hybridized carbons (Fsp3) is 0.182. The zero-order chi connectivity index (χ0) is 9.97. The highest BCUT2D eigenvalue weighted by molar-refractivity contribution is 9.10. The third-order valence-electron chi connectivity index (χ3n) is 2.06. The molecule has 2 rings (SSSR count). The van der Waals surface area contributed by atoms with E-state index in [0.717, 1.165) is 17.3 Å². The molecule has 0 spiro atoms. The predicted molar refractivity (Wildman–Crippen MR) is 64.0 cm³/mol. The van der Waals surface area contributed by atoms with Crippen LogP contribution in [0.3, 0.4) is 0 Å². The highest BCUT2D eigenvalue weighted by Crippen LogP contribution is 2.18. The molecule has 1 heterocycles. The van der Waals surface area contributed by atoms with Crippen LogP contribution in [0.4, 0.5) is 0 Å². The van der Waals surface area contributed by atoms with Gasteiger partial charge in [-0.3, -0.25) is 4.98 Å². The zero-order valence-corrected chi connectivity index (χ0v) is 9.79. The first kappa shape index (κ1) is 9.94. The summed E-state index contributed by atoms with van der Waals surface area (Å²) in [7, 11) is 0. The van der Waals surface area contributed by atoms with Crippen molar-refractivity contribution in [2.45, 2.75) is 10.7 Å². The van der Waals surface area contributed by atoms with Gasteiger partial charge in [-0.15, -0.1) is 11.6 Å². The lowest BCUT2D eigenvalue weighted by molar-refractivity contribution is 1.11. The van der Waals surface area contributed by atoms with Crippen LogP contribution in [0.1, 0.15) is 5.56 Å². The second-order valence-electron chi connectivity index (χ2n) is 3.13. The van der Waals surface area contributed by atoms with Gasteiger partial charge in [0.15, 0.2) is 0 Å². The number of hydrogen-bond donors (Lipinski definition) is 0. The molecule has 1 nitrogen and oxygen atoms in total. The third-order valence-corrected chi connectivity index (χ3v) is 2.54. The molecule has 3 heteroatoms. The number of aromatic nitrogens is 1. The van der Waals surface area contributed by atoms with E-state index in [1.165, 1.54) is 5.56 Å². The molecule has 0 saturated heterocycles. The van der Waals surface area contributed by atoms with Gasteiger partial charge in [0.2, 0.25) is 0 Å². The van der Waals surface area contributed by atoms with Gasteiger partial charge in [-0.05, 0) is 30.2 Å². The Morgan fingerprint density at radius 1 is 1.36 bits per heavy atom. The van der Waals surface area contributed by atoms with E-state index < -0.39 is 0 Å². The Labute approximate surface area is 96.2 Å². The van der Waals surface area contributed by atoms with Gasteiger partial charge >= 0.3 is 0 Å². The number of halogens is 2. The molecule has 1 aromatic carbocycles. The first-order valence-electron chi connectivity index (χ1n) is 4.37. The summed E-state index contributed by atoms with van der Waals surface area (Å²) in [6, 6.07) is 10.2. The lowest BCUT2D eigenvalue weighted by Crippen LogP contribution is -1.93. The van der Waals surface area contributed by atoms with Crippen LogP contribution in [0.2, 0.25) is 0 Å². The monoisotopic (exact) mass is 269 g/mol. The van der Waals surface area contributed by atoms with Gasteiger partial charge in [0, 0.05) is 11.6 Å². The first-order valence-corrected chi connectivity index (χ1v) is 5.73. The van der Waals surface area contributed by atoms with Gasteiger partial charge in [0.1, 0.15) is 0 Å². The van der Waals surface area contributed by atoms with Crippen molar-refractivity contribution in [3.05, 3.63) is 42.1 Å². The van der Waals surface area contributed by atoms with Crippen LogP contribution < -0.4 is 0 Å². The topological polar surface area (TPSA) is 12.9 Å². The van der Waals surface area contributed by atoms with Crippen molar-refractivity contribution >= 4 is 38.4 Å². The molecule has 1 atom stereocenters. The van der Waals surface area contributed by atoms with E-state index in [-0.39, 0.29) is 4.29 Å². The second-order valence-corrected chi connectivity index (χ2v) is 5.28. The lowest BCUT2D eigenvalue weighted by Gasteiger charge is -2.03. The molecule has 0 amide bonds. The molecule has 1 unspecified atom stereocenters. The summed E-state index contributed by atoms with van der Waals surface area (Å²) in [5.41, 5.74) is 2.25. The molecule has 0 radical (unpaired) electrons. The van der Waals surface area contributed by atoms with Crippen molar-refractivity contribution in [2.24, 2.45) is 0 Å². The van der Waals surface area contributed by atoms with Crippen molar-refractivity contribution in [1.82, 2.24) is 4.98 Å². The lowest BCUT2D eigenvalue weighted by atomic mass is 10.1. The van der Waals surface area contributed by atoms with Crippen LogP contribution >= 0.6 is 27.5 Å². The van der Waals surface area contributed by atoms with Crippen LogP contribution in [0.15, 0.2) is 36.5 Å². The molecule has 0 aliphatic rings. The number of alkyl halides is 2. The maximum atomic E-state index is 5.86. The average molecular weight is 271 g/mol. The predicted octanol–water partition coefficient (Wildman–Crippen LogP) is 3.74. The quantitative estimate of drug-likeness (QED) is 0.758. The number of rotatable bonds is 2. The van der Waals surface area contributed by atoms with Gasteiger partial charge in [-0.2, -0.15) is 0 Å². The number of hydrogen-bond acceptors (Lipinski definition) is 1. The summed E-state index contributed by atoms with van der Waals surface area (Å²) in [6.07, 6.45) is 2.63. The minimum atomic E-state index is -0.00313. The van der Waals surface area contributed by atoms with E-state index in [9.17, 15) is 0 Å². The molecule has 0 N–H and O–H groups in total. The Hall–Kier alpha value is -0.600. The van der Waals surface area contributed by atoms with Gasteiger partial charge < -0.3 is 0 Å². The number of benzene rings is 1. The molecule has 0 aliphatic carbocycles. The molecule has 0 bridgehead atoms. The molecule has 0 fully saturated rings. The van der Waals surface area contributed by atoms with E-state index in [1.807, 2.05) is 12.1 Å². The summed E-state index contributed by atoms with van der Waals surface area (Å²) in [5.74, 6) is 0. The first-order chi connectivity index (χ1) is 6.75. The van der Waals surface area contributed by atoms with Crippen molar-refractivity contribution < 1.29 is 0 Å². The van der Waals surface area contributed by atoms with Crippen molar-refractivity contribution in [2.75, 3.05) is 0 Å². The minimum absolute atomic E-state index is 0.00313. The Morgan fingerprint density at radius 2 is 2.21 bits per heavy atom. The minimum Gasteiger partial charge on any atom is -0.256 e. The molecule has 14 heavy (non-hydrogen) atoms. The van der Waals surface area contributed by atoms with Crippen LogP contribution in [0, 0.1) is 0 Å². The van der Waals surface area contributed by atoms with E-state index in [2.05, 4.69) is 39.1 Å². The van der Waals surface area contributed by atoms with Gasteiger partial charge in [0.05, 0.1) is 9.80 Å². The summed E-state index contributed by atoms with van der Waals surface area (Å²) < 4.78 is -0.00313. The number of pyridine rings is 1. The van der Waals surface area contributed by atoms with Crippen LogP contribution in [-0.4, -0.2) is 9.27 Å². The maximum absolute atomic E-state index is 5.86. The van der Waals surface area contributed by atoms with Crippen LogP contribution in [0.25, 0.3) is 10.9 Å². The molecule has 1 aromatic heterocycles. The Morgan fingerprint density at radius 3 is 3.00 bits per heavy atom. The fourth-order valence-electron chi connectivity index (χ4n) is 1.43. The summed E-state index contributed by atoms with van der Waals surface area (Å²) in [5, 5.41) is 1.16. The molecular formula is C11H9BrClN. The average Bonchev–Trinajstić information content (AvgIpc) is 2.17. The standard InChI is InChI=1S/C11H9BrClN/c12-11(13)7-8-3-4-10-9(6-8)2-1-5-14-10/h1-6,11H,7H2. The normalized spacial score (nSPS) is 13.0. The number of nitrogens with zero attached hydrogens (tertiary/aromatic N) is 1. The molecule has 0 saturated carbocycles. The third kappa shape index (κ3) is 2.25. The van der Waals surface area contributed by atoms with E-state index in [4.69, 9.17) is 11.6 Å². The van der Waals surface area contributed by atoms with E-state index in [0.29, 0.717) is 0 Å². The fourth-order valence-corrected chi connectivity index (χ4v) is 1.98. The summed E-state index contributed by atoms with van der Waals surface area (Å²) >= 11 is 9.19. The van der Waals surface area contributed by atoms with Gasteiger partial charge in [-0.1, -0.05) is 28.1 Å². The van der Waals surface area contributed by atoms with Gasteiger partial charge in [-0.25, -0.2) is 0 Å². The zero-order valence-electron chi connectivity index (χ0n) is 7.45. The molecule has 72 valence electrons. The Bertz CT molecular complexity index is 442. The number of fused-ring (bicyclic) bond motifs is 1. The van der Waals surface area contributed by atoms with Gasteiger partial charge in [0.25, 0.3) is 0 Å². The van der Waals surface area contributed by atoms with E-state index >= 15 is 0 Å². The Kier molecular flexibility index (Phi) is 3.04. The van der Waals surface area contributed by atoms with Crippen molar-refractivity contribution in [3.8, 4) is 0 Å². The van der Waals surface area contributed by atoms with E-state index in [1.54, 1.807) is 6.20 Å². The van der Waals surface area contributed by atoms with Crippen molar-refractivity contribution in [3.63, 3.8) is 0 Å². The largest absolute Gasteiger partial charge is 0.256 e. The highest BCUT2D eigenvalue weighted by atomic mass is 79.9. The summed E-state index contributed by atoms with van der Waals surface area (Å²) in [6.45, 7) is 0. The van der Waals surface area contributed by atoms with Crippen molar-refractivity contribution in [1.29, 1.82) is 0 Å². The Balaban J connectivity index is 2.41. The summed E-state index contributed by atoms with van der Waals surface area (Å²) in [4.78, 5) is 4.26. The second kappa shape index (κ2) is 4.28. The molecule has 0 aliphatic heterocycles. The maximum Gasteiger partial charge on any atom is 0.0926 e. The highest BCUT2D eigenvalue weighted by Gasteiger charge is 2.01. The van der Waals surface area contributed by atoms with Crippen LogP contribution in [-0.2, 0) is 6.42 Å². The molecular weight excluding hydrogens is 261 g/mol. The molecule has 2 aromatic rings.